The van der Waals surface area contributed by atoms with Crippen LogP contribution in [0.15, 0.2) is 48.5 Å². The van der Waals surface area contributed by atoms with Gasteiger partial charge < -0.3 is 15.3 Å². The molecule has 1 saturated heterocycles. The molecule has 2 amide bonds. The molecule has 1 aliphatic carbocycles. The number of aliphatic hydroxyl groups excluding tert-OH is 1. The van der Waals surface area contributed by atoms with E-state index in [1.165, 1.54) is 11.1 Å². The number of likely N-dealkylation sites (tertiary alicyclic amines) is 1. The fraction of sp³-hybridized carbons (Fsp3) is 0.481. The predicted molar refractivity (Wildman–Crippen MR) is 128 cm³/mol. The molecule has 0 aromatic heterocycles. The molecule has 0 unspecified atom stereocenters. The van der Waals surface area contributed by atoms with E-state index in [0.29, 0.717) is 0 Å². The van der Waals surface area contributed by atoms with Gasteiger partial charge >= 0.3 is 0 Å². The van der Waals surface area contributed by atoms with Crippen LogP contribution in [-0.4, -0.2) is 54.1 Å². The molecule has 0 saturated carbocycles. The molecule has 2 heterocycles. The number of benzene rings is 2. The van der Waals surface area contributed by atoms with E-state index >= 15 is 0 Å². The summed E-state index contributed by atoms with van der Waals surface area (Å²) in [5.74, 6) is -0.101. The maximum absolute atomic E-state index is 13.7. The molecule has 0 spiro atoms. The van der Waals surface area contributed by atoms with Gasteiger partial charge in [0, 0.05) is 38.3 Å². The molecule has 5 rings (SSSR count). The highest BCUT2D eigenvalue weighted by Gasteiger charge is 2.50. The summed E-state index contributed by atoms with van der Waals surface area (Å²) in [4.78, 5) is 30.3. The number of anilines is 1. The second-order valence-corrected chi connectivity index (χ2v) is 9.89. The zero-order valence-electron chi connectivity index (χ0n) is 19.5. The van der Waals surface area contributed by atoms with Crippen molar-refractivity contribution in [3.8, 4) is 0 Å². The Morgan fingerprint density at radius 2 is 1.79 bits per heavy atom. The smallest absolute Gasteiger partial charge is 0.238 e. The van der Waals surface area contributed by atoms with Gasteiger partial charge in [-0.15, -0.1) is 0 Å². The van der Waals surface area contributed by atoms with Gasteiger partial charge in [-0.05, 0) is 55.4 Å². The summed E-state index contributed by atoms with van der Waals surface area (Å²) in [6.07, 6.45) is 3.20. The molecule has 1 fully saturated rings. The second kappa shape index (κ2) is 8.58. The Morgan fingerprint density at radius 3 is 2.55 bits per heavy atom. The van der Waals surface area contributed by atoms with E-state index in [1.54, 1.807) is 7.05 Å². The molecule has 6 heteroatoms. The second-order valence-electron chi connectivity index (χ2n) is 9.89. The Balaban J connectivity index is 1.37. The Hall–Kier alpha value is -2.70. The molecule has 2 N–H and O–H groups in total. The average molecular weight is 448 g/mol. The first-order chi connectivity index (χ1) is 15.9. The van der Waals surface area contributed by atoms with Crippen LogP contribution >= 0.6 is 0 Å². The number of nitrogens with one attached hydrogen (secondary N) is 1. The third-order valence-electron chi connectivity index (χ3n) is 7.95. The van der Waals surface area contributed by atoms with E-state index < -0.39 is 5.41 Å². The van der Waals surface area contributed by atoms with E-state index in [-0.39, 0.29) is 36.4 Å². The van der Waals surface area contributed by atoms with Crippen LogP contribution in [0.5, 0.6) is 0 Å². The number of para-hydroxylation sites is 1. The molecular weight excluding hydrogens is 414 g/mol. The first-order valence-electron chi connectivity index (χ1n) is 12.1. The first-order valence-corrected chi connectivity index (χ1v) is 12.1. The lowest BCUT2D eigenvalue weighted by Crippen LogP contribution is -2.51. The monoisotopic (exact) mass is 447 g/mol. The van der Waals surface area contributed by atoms with Gasteiger partial charge in [0.2, 0.25) is 11.8 Å². The summed E-state index contributed by atoms with van der Waals surface area (Å²) >= 11 is 0. The molecule has 2 aromatic rings. The molecule has 3 aliphatic rings. The number of nitrogens with zero attached hydrogens (tertiary/aromatic N) is 2. The van der Waals surface area contributed by atoms with Crippen molar-refractivity contribution in [2.45, 2.75) is 62.6 Å². The third kappa shape index (κ3) is 3.65. The van der Waals surface area contributed by atoms with E-state index in [9.17, 15) is 14.7 Å². The fourth-order valence-corrected chi connectivity index (χ4v) is 6.16. The van der Waals surface area contributed by atoms with E-state index in [4.69, 9.17) is 0 Å². The molecule has 174 valence electrons. The molecule has 0 bridgehead atoms. The van der Waals surface area contributed by atoms with Crippen LogP contribution in [0.2, 0.25) is 0 Å². The van der Waals surface area contributed by atoms with Crippen LogP contribution in [0.4, 0.5) is 5.69 Å². The van der Waals surface area contributed by atoms with Crippen LogP contribution in [0.3, 0.4) is 0 Å². The number of rotatable bonds is 4. The number of carbonyl (C=O) groups excluding carboxylic acids is 2. The number of aryl methyl sites for hydroxylation is 1. The van der Waals surface area contributed by atoms with Gasteiger partial charge in [0.25, 0.3) is 0 Å². The van der Waals surface area contributed by atoms with Crippen molar-refractivity contribution < 1.29 is 14.7 Å². The van der Waals surface area contributed by atoms with Crippen LogP contribution in [0, 0.1) is 0 Å². The van der Waals surface area contributed by atoms with Crippen molar-refractivity contribution in [2.24, 2.45) is 0 Å². The molecule has 6 nitrogen and oxygen atoms in total. The van der Waals surface area contributed by atoms with E-state index in [0.717, 1.165) is 50.0 Å². The number of carbonyl (C=O) groups is 2. The SMILES string of the molecule is CNC(=O)C[C@@]1(C)C(=O)N(C2CCN([C@H]3c4ccccc4CC[C@@H]3O)CC2)c2ccccc21. The van der Waals surface area contributed by atoms with Gasteiger partial charge in [-0.25, -0.2) is 0 Å². The number of piperidine rings is 1. The maximum Gasteiger partial charge on any atom is 0.238 e. The van der Waals surface area contributed by atoms with Crippen molar-refractivity contribution in [3.05, 3.63) is 65.2 Å². The number of aliphatic hydroxyl groups is 1. The lowest BCUT2D eigenvalue weighted by atomic mass is 9.80. The Morgan fingerprint density at radius 1 is 1.09 bits per heavy atom. The summed E-state index contributed by atoms with van der Waals surface area (Å²) in [6, 6.07) is 16.5. The van der Waals surface area contributed by atoms with Crippen molar-refractivity contribution >= 4 is 17.5 Å². The Labute approximate surface area is 195 Å². The quantitative estimate of drug-likeness (QED) is 0.756. The van der Waals surface area contributed by atoms with Crippen LogP contribution in [0.1, 0.15) is 55.3 Å². The van der Waals surface area contributed by atoms with E-state index in [2.05, 4.69) is 34.5 Å². The standard InChI is InChI=1S/C27H33N3O3/c1-27(17-24(32)28-2)21-9-5-6-10-22(21)30(26(27)33)19-13-15-29(16-14-19)25-20-8-4-3-7-18(20)11-12-23(25)31/h3-10,19,23,25,31H,11-17H2,1-2H3,(H,28,32)/t23-,25-,27+/m0/s1. The zero-order chi connectivity index (χ0) is 23.2. The topological polar surface area (TPSA) is 72.9 Å². The number of hydrogen-bond acceptors (Lipinski definition) is 4. The molecule has 3 atom stereocenters. The van der Waals surface area contributed by atoms with Crippen LogP contribution in [-0.2, 0) is 21.4 Å². The predicted octanol–water partition coefficient (Wildman–Crippen LogP) is 2.94. The number of amides is 2. The van der Waals surface area contributed by atoms with Gasteiger partial charge in [0.05, 0.1) is 17.6 Å². The fourth-order valence-electron chi connectivity index (χ4n) is 6.16. The van der Waals surface area contributed by atoms with Gasteiger partial charge in [0.1, 0.15) is 0 Å². The summed E-state index contributed by atoms with van der Waals surface area (Å²) in [5, 5.41) is 13.5. The Bertz CT molecular complexity index is 1060. The molecule has 2 aromatic carbocycles. The number of hydrogen-bond donors (Lipinski definition) is 2. The van der Waals surface area contributed by atoms with Gasteiger partial charge in [-0.1, -0.05) is 42.5 Å². The van der Waals surface area contributed by atoms with E-state index in [1.807, 2.05) is 36.1 Å². The summed E-state index contributed by atoms with van der Waals surface area (Å²) in [7, 11) is 1.61. The van der Waals surface area contributed by atoms with Crippen molar-refractivity contribution in [1.82, 2.24) is 10.2 Å². The minimum atomic E-state index is -0.841. The van der Waals surface area contributed by atoms with Crippen molar-refractivity contribution in [3.63, 3.8) is 0 Å². The lowest BCUT2D eigenvalue weighted by molar-refractivity contribution is -0.129. The molecule has 33 heavy (non-hydrogen) atoms. The summed E-state index contributed by atoms with van der Waals surface area (Å²) < 4.78 is 0. The van der Waals surface area contributed by atoms with Crippen molar-refractivity contribution in [1.29, 1.82) is 0 Å². The summed E-state index contributed by atoms with van der Waals surface area (Å²) in [6.45, 7) is 3.56. The normalized spacial score (nSPS) is 27.8. The summed E-state index contributed by atoms with van der Waals surface area (Å²) in [5.41, 5.74) is 3.62. The van der Waals surface area contributed by atoms with Gasteiger partial charge in [-0.3, -0.25) is 14.5 Å². The molecule has 2 aliphatic heterocycles. The minimum absolute atomic E-state index is 0.0220. The number of fused-ring (bicyclic) bond motifs is 2. The van der Waals surface area contributed by atoms with Crippen LogP contribution < -0.4 is 10.2 Å². The largest absolute Gasteiger partial charge is 0.391 e. The lowest BCUT2D eigenvalue weighted by Gasteiger charge is -2.44. The molecular formula is C27H33N3O3. The van der Waals surface area contributed by atoms with Crippen LogP contribution in [0.25, 0.3) is 0 Å². The Kier molecular flexibility index (Phi) is 5.75. The first kappa shape index (κ1) is 22.1. The average Bonchev–Trinajstić information content (AvgIpc) is 3.06. The van der Waals surface area contributed by atoms with Crippen molar-refractivity contribution in [2.75, 3.05) is 25.0 Å². The van der Waals surface area contributed by atoms with Gasteiger partial charge in [0.15, 0.2) is 0 Å². The minimum Gasteiger partial charge on any atom is -0.391 e. The molecule has 0 radical (unpaired) electrons. The van der Waals surface area contributed by atoms with Gasteiger partial charge in [-0.2, -0.15) is 0 Å². The maximum atomic E-state index is 13.7. The highest BCUT2D eigenvalue weighted by molar-refractivity contribution is 6.10. The highest BCUT2D eigenvalue weighted by Crippen LogP contribution is 2.46. The highest BCUT2D eigenvalue weighted by atomic mass is 16.3. The third-order valence-corrected chi connectivity index (χ3v) is 7.95. The zero-order valence-corrected chi connectivity index (χ0v) is 19.5.